The second-order valence-electron chi connectivity index (χ2n) is 4.33. The maximum atomic E-state index is 12.6. The average molecular weight is 396 g/mol. The summed E-state index contributed by atoms with van der Waals surface area (Å²) in [6, 6.07) is 8.44. The van der Waals surface area contributed by atoms with Crippen LogP contribution in [0.4, 0.5) is 0 Å². The molecule has 0 amide bonds. The largest absolute Gasteiger partial charge is 0.496 e. The molecule has 0 aromatic heterocycles. The Labute approximate surface area is 132 Å². The zero-order chi connectivity index (χ0) is 14.4. The summed E-state index contributed by atoms with van der Waals surface area (Å²) in [5.41, 5.74) is 1.60. The van der Waals surface area contributed by atoms with E-state index in [-0.39, 0.29) is 11.6 Å². The van der Waals surface area contributed by atoms with E-state index in [1.54, 1.807) is 30.3 Å². The van der Waals surface area contributed by atoms with Crippen LogP contribution in [-0.4, -0.2) is 18.7 Å². The first kappa shape index (κ1) is 13.5. The third-order valence-electron chi connectivity index (χ3n) is 3.28. The molecule has 0 saturated heterocycles. The number of benzene rings is 2. The highest BCUT2D eigenvalue weighted by molar-refractivity contribution is 9.13. The lowest BCUT2D eigenvalue weighted by Crippen LogP contribution is -2.21. The van der Waals surface area contributed by atoms with Crippen molar-refractivity contribution in [3.8, 4) is 5.75 Å². The van der Waals surface area contributed by atoms with Gasteiger partial charge in [0.1, 0.15) is 5.75 Å². The molecule has 0 radical (unpaired) electrons. The summed E-state index contributed by atoms with van der Waals surface area (Å²) in [7, 11) is 1.52. The minimum atomic E-state index is -0.165. The number of hydrogen-bond donors (Lipinski definition) is 0. The number of rotatable bonds is 1. The standard InChI is InChI=1S/C15H8Br2O3/c1-20-10-6-9-11(13(17)12(10)16)15(19)8-5-3-2-4-7(8)14(9)18/h2-6H,1H3. The first-order valence-electron chi connectivity index (χ1n) is 5.80. The van der Waals surface area contributed by atoms with Gasteiger partial charge in [-0.1, -0.05) is 24.3 Å². The van der Waals surface area contributed by atoms with Gasteiger partial charge in [-0.05, 0) is 37.9 Å². The van der Waals surface area contributed by atoms with Crippen molar-refractivity contribution in [2.45, 2.75) is 0 Å². The highest BCUT2D eigenvalue weighted by Gasteiger charge is 2.33. The molecule has 3 nitrogen and oxygen atoms in total. The summed E-state index contributed by atoms with van der Waals surface area (Å²) in [6.07, 6.45) is 0. The summed E-state index contributed by atoms with van der Waals surface area (Å²) in [5.74, 6) is 0.184. The molecule has 1 aliphatic rings. The highest BCUT2D eigenvalue weighted by atomic mass is 79.9. The minimum Gasteiger partial charge on any atom is -0.496 e. The van der Waals surface area contributed by atoms with E-state index in [2.05, 4.69) is 31.9 Å². The summed E-state index contributed by atoms with van der Waals surface area (Å²) >= 11 is 6.75. The Bertz CT molecular complexity index is 766. The van der Waals surface area contributed by atoms with Gasteiger partial charge >= 0.3 is 0 Å². The third kappa shape index (κ3) is 1.77. The van der Waals surface area contributed by atoms with Crippen LogP contribution < -0.4 is 4.74 Å². The van der Waals surface area contributed by atoms with E-state index < -0.39 is 0 Å². The van der Waals surface area contributed by atoms with E-state index in [0.29, 0.717) is 36.9 Å². The van der Waals surface area contributed by atoms with Crippen molar-refractivity contribution in [3.05, 3.63) is 61.5 Å². The molecule has 100 valence electrons. The van der Waals surface area contributed by atoms with Gasteiger partial charge in [0.15, 0.2) is 11.6 Å². The zero-order valence-electron chi connectivity index (χ0n) is 10.4. The van der Waals surface area contributed by atoms with Crippen molar-refractivity contribution in [3.63, 3.8) is 0 Å². The van der Waals surface area contributed by atoms with Crippen molar-refractivity contribution in [1.82, 2.24) is 0 Å². The fraction of sp³-hybridized carbons (Fsp3) is 0.0667. The predicted octanol–water partition coefficient (Wildman–Crippen LogP) is 4.00. The van der Waals surface area contributed by atoms with E-state index in [0.717, 1.165) is 0 Å². The lowest BCUT2D eigenvalue weighted by Gasteiger charge is -2.20. The van der Waals surface area contributed by atoms with Crippen LogP contribution in [0.5, 0.6) is 5.75 Å². The van der Waals surface area contributed by atoms with Gasteiger partial charge < -0.3 is 4.74 Å². The third-order valence-corrected chi connectivity index (χ3v) is 5.39. The van der Waals surface area contributed by atoms with E-state index >= 15 is 0 Å². The molecule has 2 aromatic rings. The van der Waals surface area contributed by atoms with E-state index in [9.17, 15) is 9.59 Å². The molecule has 0 heterocycles. The quantitative estimate of drug-likeness (QED) is 0.625. The van der Waals surface area contributed by atoms with Gasteiger partial charge in [0.25, 0.3) is 0 Å². The summed E-state index contributed by atoms with van der Waals surface area (Å²) in [6.45, 7) is 0. The highest BCUT2D eigenvalue weighted by Crippen LogP contribution is 2.41. The van der Waals surface area contributed by atoms with E-state index in [4.69, 9.17) is 4.74 Å². The van der Waals surface area contributed by atoms with Crippen LogP contribution in [0.2, 0.25) is 0 Å². The molecule has 0 bridgehead atoms. The molecule has 2 aromatic carbocycles. The molecule has 0 unspecified atom stereocenters. The molecule has 0 atom stereocenters. The molecular weight excluding hydrogens is 388 g/mol. The van der Waals surface area contributed by atoms with Crippen LogP contribution in [0.3, 0.4) is 0 Å². The molecule has 3 rings (SSSR count). The first-order chi connectivity index (χ1) is 9.56. The fourth-order valence-electron chi connectivity index (χ4n) is 2.31. The van der Waals surface area contributed by atoms with Gasteiger partial charge in [0.05, 0.1) is 11.6 Å². The number of carbonyl (C=O) groups excluding carboxylic acids is 2. The predicted molar refractivity (Wildman–Crippen MR) is 81.7 cm³/mol. The molecule has 0 N–H and O–H groups in total. The number of carbonyl (C=O) groups is 2. The van der Waals surface area contributed by atoms with E-state index in [1.165, 1.54) is 7.11 Å². The van der Waals surface area contributed by atoms with Crippen LogP contribution in [0.25, 0.3) is 0 Å². The maximum Gasteiger partial charge on any atom is 0.195 e. The van der Waals surface area contributed by atoms with Gasteiger partial charge in [0.2, 0.25) is 0 Å². The summed E-state index contributed by atoms with van der Waals surface area (Å²) < 4.78 is 6.39. The number of methoxy groups -OCH3 is 1. The Morgan fingerprint density at radius 2 is 1.50 bits per heavy atom. The second-order valence-corrected chi connectivity index (χ2v) is 5.92. The number of hydrogen-bond acceptors (Lipinski definition) is 3. The second kappa shape index (κ2) is 4.82. The Balaban J connectivity index is 2.36. The maximum absolute atomic E-state index is 12.6. The zero-order valence-corrected chi connectivity index (χ0v) is 13.5. The number of ether oxygens (including phenoxy) is 1. The Morgan fingerprint density at radius 3 is 2.10 bits per heavy atom. The monoisotopic (exact) mass is 394 g/mol. The molecule has 0 saturated carbocycles. The SMILES string of the molecule is COc1cc2c(c(Br)c1Br)C(=O)c1ccccc1C2=O. The first-order valence-corrected chi connectivity index (χ1v) is 7.39. The van der Waals surface area contributed by atoms with Crippen molar-refractivity contribution in [2.75, 3.05) is 7.11 Å². The number of ketones is 2. The van der Waals surface area contributed by atoms with Gasteiger partial charge in [-0.3, -0.25) is 9.59 Å². The molecule has 0 fully saturated rings. The van der Waals surface area contributed by atoms with Gasteiger partial charge in [-0.2, -0.15) is 0 Å². The van der Waals surface area contributed by atoms with Crippen LogP contribution in [0, 0.1) is 0 Å². The van der Waals surface area contributed by atoms with Crippen LogP contribution in [0.15, 0.2) is 39.3 Å². The van der Waals surface area contributed by atoms with Crippen molar-refractivity contribution in [1.29, 1.82) is 0 Å². The lowest BCUT2D eigenvalue weighted by atomic mass is 9.84. The van der Waals surface area contributed by atoms with Crippen LogP contribution >= 0.6 is 31.9 Å². The Kier molecular flexibility index (Phi) is 3.26. The average Bonchev–Trinajstić information content (AvgIpc) is 2.47. The molecule has 1 aliphatic carbocycles. The van der Waals surface area contributed by atoms with Gasteiger partial charge in [0, 0.05) is 26.7 Å². The summed E-state index contributed by atoms with van der Waals surface area (Å²) in [4.78, 5) is 25.1. The van der Waals surface area contributed by atoms with Crippen LogP contribution in [0.1, 0.15) is 31.8 Å². The molecule has 0 aliphatic heterocycles. The molecule has 0 spiro atoms. The van der Waals surface area contributed by atoms with Crippen molar-refractivity contribution < 1.29 is 14.3 Å². The smallest absolute Gasteiger partial charge is 0.195 e. The Morgan fingerprint density at radius 1 is 0.900 bits per heavy atom. The number of halogens is 2. The van der Waals surface area contributed by atoms with Gasteiger partial charge in [-0.25, -0.2) is 0 Å². The number of fused-ring (bicyclic) bond motifs is 2. The molecular formula is C15H8Br2O3. The lowest BCUT2D eigenvalue weighted by molar-refractivity contribution is 0.0978. The van der Waals surface area contributed by atoms with Crippen LogP contribution in [-0.2, 0) is 0 Å². The van der Waals surface area contributed by atoms with Crippen molar-refractivity contribution >= 4 is 43.4 Å². The normalized spacial score (nSPS) is 12.9. The van der Waals surface area contributed by atoms with E-state index in [1.807, 2.05) is 0 Å². The van der Waals surface area contributed by atoms with Gasteiger partial charge in [-0.15, -0.1) is 0 Å². The van der Waals surface area contributed by atoms with Crippen molar-refractivity contribution in [2.24, 2.45) is 0 Å². The topological polar surface area (TPSA) is 43.4 Å². The fourth-order valence-corrected chi connectivity index (χ4v) is 3.37. The summed E-state index contributed by atoms with van der Waals surface area (Å²) in [5, 5.41) is 0. The molecule has 5 heteroatoms. The Hall–Kier alpha value is -1.46. The molecule has 20 heavy (non-hydrogen) atoms. The minimum absolute atomic E-state index is 0.162.